The van der Waals surface area contributed by atoms with Crippen molar-refractivity contribution in [2.75, 3.05) is 34.4 Å². The van der Waals surface area contributed by atoms with Crippen LogP contribution in [0.2, 0.25) is 0 Å². The highest BCUT2D eigenvalue weighted by Crippen LogP contribution is 2.18. The fourth-order valence-corrected chi connectivity index (χ4v) is 2.43. The number of rotatable bonds is 8. The number of nitrogens with zero attached hydrogens (tertiary/aromatic N) is 1. The van der Waals surface area contributed by atoms with Crippen molar-refractivity contribution in [2.45, 2.75) is 6.04 Å². The molecule has 0 saturated heterocycles. The maximum absolute atomic E-state index is 12.5. The summed E-state index contributed by atoms with van der Waals surface area (Å²) in [7, 11) is 5.41. The second-order valence-electron chi connectivity index (χ2n) is 5.59. The van der Waals surface area contributed by atoms with Crippen LogP contribution in [0.4, 0.5) is 0 Å². The highest BCUT2D eigenvalue weighted by Gasteiger charge is 2.22. The SMILES string of the molecule is COc1ccc(OCCNC(=O)[C@@H](c2ccccc2)N(C)C)cc1. The third-order valence-electron chi connectivity index (χ3n) is 3.61. The van der Waals surface area contributed by atoms with Crippen molar-refractivity contribution in [1.29, 1.82) is 0 Å². The Labute approximate surface area is 143 Å². The van der Waals surface area contributed by atoms with Gasteiger partial charge in [0.2, 0.25) is 5.91 Å². The van der Waals surface area contributed by atoms with Crippen molar-refractivity contribution in [1.82, 2.24) is 10.2 Å². The van der Waals surface area contributed by atoms with Gasteiger partial charge in [-0.3, -0.25) is 9.69 Å². The fourth-order valence-electron chi connectivity index (χ4n) is 2.43. The van der Waals surface area contributed by atoms with E-state index in [-0.39, 0.29) is 11.9 Å². The number of likely N-dealkylation sites (N-methyl/N-ethyl adjacent to an activating group) is 1. The van der Waals surface area contributed by atoms with E-state index in [4.69, 9.17) is 9.47 Å². The molecule has 2 rings (SSSR count). The van der Waals surface area contributed by atoms with Crippen molar-refractivity contribution in [3.63, 3.8) is 0 Å². The molecule has 5 heteroatoms. The number of carbonyl (C=O) groups is 1. The topological polar surface area (TPSA) is 50.8 Å². The number of methoxy groups -OCH3 is 1. The van der Waals surface area contributed by atoms with Gasteiger partial charge in [-0.1, -0.05) is 30.3 Å². The Kier molecular flexibility index (Phi) is 6.63. The van der Waals surface area contributed by atoms with Crippen LogP contribution >= 0.6 is 0 Å². The van der Waals surface area contributed by atoms with Gasteiger partial charge in [0.1, 0.15) is 24.1 Å². The van der Waals surface area contributed by atoms with Crippen molar-refractivity contribution in [3.8, 4) is 11.5 Å². The Morgan fingerprint density at radius 3 is 2.25 bits per heavy atom. The molecule has 1 amide bonds. The van der Waals surface area contributed by atoms with E-state index in [2.05, 4.69) is 5.32 Å². The van der Waals surface area contributed by atoms with Gasteiger partial charge in [0.25, 0.3) is 0 Å². The zero-order chi connectivity index (χ0) is 17.4. The molecule has 2 aromatic rings. The van der Waals surface area contributed by atoms with Gasteiger partial charge in [-0.2, -0.15) is 0 Å². The lowest BCUT2D eigenvalue weighted by atomic mass is 10.1. The minimum Gasteiger partial charge on any atom is -0.497 e. The minimum atomic E-state index is -0.313. The van der Waals surface area contributed by atoms with Crippen LogP contribution in [0.25, 0.3) is 0 Å². The normalized spacial score (nSPS) is 11.8. The number of ether oxygens (including phenoxy) is 2. The molecule has 0 aliphatic rings. The van der Waals surface area contributed by atoms with Crippen molar-refractivity contribution >= 4 is 5.91 Å². The average Bonchev–Trinajstić information content (AvgIpc) is 2.60. The maximum Gasteiger partial charge on any atom is 0.242 e. The summed E-state index contributed by atoms with van der Waals surface area (Å²) in [6.45, 7) is 0.856. The van der Waals surface area contributed by atoms with Gasteiger partial charge in [-0.15, -0.1) is 0 Å². The van der Waals surface area contributed by atoms with E-state index in [1.807, 2.05) is 73.6 Å². The zero-order valence-corrected chi connectivity index (χ0v) is 14.4. The summed E-state index contributed by atoms with van der Waals surface area (Å²) < 4.78 is 10.7. The first-order chi connectivity index (χ1) is 11.6. The smallest absolute Gasteiger partial charge is 0.242 e. The van der Waals surface area contributed by atoms with E-state index in [1.165, 1.54) is 0 Å². The summed E-state index contributed by atoms with van der Waals surface area (Å²) in [5, 5.41) is 2.93. The Bertz CT molecular complexity index is 627. The van der Waals surface area contributed by atoms with E-state index in [0.717, 1.165) is 17.1 Å². The molecule has 1 atom stereocenters. The summed E-state index contributed by atoms with van der Waals surface area (Å²) >= 11 is 0. The zero-order valence-electron chi connectivity index (χ0n) is 14.4. The van der Waals surface area contributed by atoms with Gasteiger partial charge in [0.05, 0.1) is 13.7 Å². The van der Waals surface area contributed by atoms with Crippen LogP contribution in [0.5, 0.6) is 11.5 Å². The number of hydrogen-bond donors (Lipinski definition) is 1. The Balaban J connectivity index is 1.82. The molecule has 24 heavy (non-hydrogen) atoms. The molecule has 0 aliphatic heterocycles. The van der Waals surface area contributed by atoms with Crippen LogP contribution < -0.4 is 14.8 Å². The number of nitrogens with one attached hydrogen (secondary N) is 1. The molecule has 0 bridgehead atoms. The summed E-state index contributed by atoms with van der Waals surface area (Å²) in [5.74, 6) is 1.49. The largest absolute Gasteiger partial charge is 0.497 e. The summed E-state index contributed by atoms with van der Waals surface area (Å²) in [6.07, 6.45) is 0. The number of amides is 1. The fraction of sp³-hybridized carbons (Fsp3) is 0.316. The summed E-state index contributed by atoms with van der Waals surface area (Å²) in [6, 6.07) is 16.8. The van der Waals surface area contributed by atoms with Gasteiger partial charge >= 0.3 is 0 Å². The predicted octanol–water partition coefficient (Wildman–Crippen LogP) is 2.49. The quantitative estimate of drug-likeness (QED) is 0.757. The van der Waals surface area contributed by atoms with E-state index in [9.17, 15) is 4.79 Å². The standard InChI is InChI=1S/C19H24N2O3/c1-21(2)18(15-7-5-4-6-8-15)19(22)20-13-14-24-17-11-9-16(23-3)10-12-17/h4-12,18H,13-14H2,1-3H3,(H,20,22)/t18-/m1/s1. The second-order valence-corrected chi connectivity index (χ2v) is 5.59. The first-order valence-corrected chi connectivity index (χ1v) is 7.87. The van der Waals surface area contributed by atoms with E-state index in [1.54, 1.807) is 7.11 Å². The average molecular weight is 328 g/mol. The van der Waals surface area contributed by atoms with Crippen LogP contribution in [0, 0.1) is 0 Å². The molecule has 0 radical (unpaired) electrons. The maximum atomic E-state index is 12.5. The molecule has 0 heterocycles. The lowest BCUT2D eigenvalue weighted by Gasteiger charge is -2.23. The molecule has 0 unspecified atom stereocenters. The summed E-state index contributed by atoms with van der Waals surface area (Å²) in [5.41, 5.74) is 0.969. The minimum absolute atomic E-state index is 0.0375. The third-order valence-corrected chi connectivity index (χ3v) is 3.61. The van der Waals surface area contributed by atoms with Gasteiger partial charge < -0.3 is 14.8 Å². The first-order valence-electron chi connectivity index (χ1n) is 7.87. The number of carbonyl (C=O) groups excluding carboxylic acids is 1. The molecular weight excluding hydrogens is 304 g/mol. The van der Waals surface area contributed by atoms with Crippen molar-refractivity contribution in [3.05, 3.63) is 60.2 Å². The van der Waals surface area contributed by atoms with Crippen LogP contribution in [-0.2, 0) is 4.79 Å². The van der Waals surface area contributed by atoms with Crippen LogP contribution in [-0.4, -0.2) is 45.2 Å². The van der Waals surface area contributed by atoms with Crippen molar-refractivity contribution < 1.29 is 14.3 Å². The van der Waals surface area contributed by atoms with E-state index in [0.29, 0.717) is 13.2 Å². The van der Waals surface area contributed by atoms with Crippen molar-refractivity contribution in [2.24, 2.45) is 0 Å². The van der Waals surface area contributed by atoms with Gasteiger partial charge in [0.15, 0.2) is 0 Å². The van der Waals surface area contributed by atoms with Gasteiger partial charge in [0, 0.05) is 0 Å². The molecule has 2 aromatic carbocycles. The number of benzene rings is 2. The van der Waals surface area contributed by atoms with Gasteiger partial charge in [-0.25, -0.2) is 0 Å². The van der Waals surface area contributed by atoms with Crippen LogP contribution in [0.15, 0.2) is 54.6 Å². The van der Waals surface area contributed by atoms with Gasteiger partial charge in [-0.05, 0) is 43.9 Å². The molecule has 5 nitrogen and oxygen atoms in total. The molecule has 0 aromatic heterocycles. The highest BCUT2D eigenvalue weighted by atomic mass is 16.5. The van der Waals surface area contributed by atoms with E-state index >= 15 is 0 Å². The molecule has 1 N–H and O–H groups in total. The second kappa shape index (κ2) is 8.93. The molecular formula is C19H24N2O3. The lowest BCUT2D eigenvalue weighted by molar-refractivity contribution is -0.125. The summed E-state index contributed by atoms with van der Waals surface area (Å²) in [4.78, 5) is 14.4. The first kappa shape index (κ1) is 17.8. The molecule has 128 valence electrons. The molecule has 0 saturated carbocycles. The van der Waals surface area contributed by atoms with Crippen LogP contribution in [0.1, 0.15) is 11.6 Å². The number of hydrogen-bond acceptors (Lipinski definition) is 4. The third kappa shape index (κ3) is 4.99. The Hall–Kier alpha value is -2.53. The highest BCUT2D eigenvalue weighted by molar-refractivity contribution is 5.83. The lowest BCUT2D eigenvalue weighted by Crippen LogP contribution is -2.38. The molecule has 0 aliphatic carbocycles. The predicted molar refractivity (Wildman–Crippen MR) is 94.4 cm³/mol. The van der Waals surface area contributed by atoms with Crippen LogP contribution in [0.3, 0.4) is 0 Å². The monoisotopic (exact) mass is 328 g/mol. The molecule has 0 spiro atoms. The Morgan fingerprint density at radius 1 is 1.04 bits per heavy atom. The molecule has 0 fully saturated rings. The van der Waals surface area contributed by atoms with E-state index < -0.39 is 0 Å². The Morgan fingerprint density at radius 2 is 1.67 bits per heavy atom.